The molecule has 6 heteroatoms. The van der Waals surface area contributed by atoms with Crippen LogP contribution in [-0.2, 0) is 7.05 Å². The zero-order valence-corrected chi connectivity index (χ0v) is 9.49. The van der Waals surface area contributed by atoms with Crippen LogP contribution in [0.5, 0.6) is 0 Å². The summed E-state index contributed by atoms with van der Waals surface area (Å²) in [5, 5.41) is 12.9. The highest BCUT2D eigenvalue weighted by Gasteiger charge is 2.37. The summed E-state index contributed by atoms with van der Waals surface area (Å²) in [5.41, 5.74) is 0.690. The van der Waals surface area contributed by atoms with Gasteiger partial charge < -0.3 is 5.11 Å². The summed E-state index contributed by atoms with van der Waals surface area (Å²) in [6, 6.07) is 0. The highest BCUT2D eigenvalue weighted by atomic mass is 19.3. The largest absolute Gasteiger partial charge is 0.478 e. The first-order valence-corrected chi connectivity index (χ1v) is 5.54. The third-order valence-corrected chi connectivity index (χ3v) is 3.32. The minimum absolute atomic E-state index is 0.128. The van der Waals surface area contributed by atoms with Crippen molar-refractivity contribution in [3.05, 3.63) is 17.5 Å². The van der Waals surface area contributed by atoms with Gasteiger partial charge in [0.15, 0.2) is 0 Å². The van der Waals surface area contributed by atoms with Gasteiger partial charge in [0.2, 0.25) is 5.92 Å². The first-order chi connectivity index (χ1) is 7.91. The second kappa shape index (κ2) is 4.09. The predicted molar refractivity (Wildman–Crippen MR) is 56.3 cm³/mol. The molecular formula is C11H14F2N2O2. The van der Waals surface area contributed by atoms with Crippen molar-refractivity contribution >= 4 is 5.97 Å². The molecule has 0 aromatic carbocycles. The summed E-state index contributed by atoms with van der Waals surface area (Å²) in [7, 11) is 1.65. The second-order valence-corrected chi connectivity index (χ2v) is 4.50. The predicted octanol–water partition coefficient (Wildman–Crippen LogP) is 2.41. The van der Waals surface area contributed by atoms with Gasteiger partial charge in [0, 0.05) is 25.8 Å². The highest BCUT2D eigenvalue weighted by molar-refractivity contribution is 5.88. The summed E-state index contributed by atoms with van der Waals surface area (Å²) < 4.78 is 27.6. The van der Waals surface area contributed by atoms with Gasteiger partial charge in [-0.3, -0.25) is 4.68 Å². The second-order valence-electron chi connectivity index (χ2n) is 4.50. The Hall–Kier alpha value is -1.46. The molecule has 1 heterocycles. The summed E-state index contributed by atoms with van der Waals surface area (Å²) in [6.07, 6.45) is 1.55. The van der Waals surface area contributed by atoms with E-state index in [0.29, 0.717) is 18.5 Å². The Bertz CT molecular complexity index is 433. The number of carbonyl (C=O) groups is 1. The fraction of sp³-hybridized carbons (Fsp3) is 0.636. The molecule has 1 N–H and O–H groups in total. The fourth-order valence-electron chi connectivity index (χ4n) is 2.41. The molecule has 1 aromatic heterocycles. The van der Waals surface area contributed by atoms with Gasteiger partial charge in [-0.1, -0.05) is 0 Å². The van der Waals surface area contributed by atoms with Gasteiger partial charge in [0.1, 0.15) is 5.56 Å². The van der Waals surface area contributed by atoms with Crippen molar-refractivity contribution in [2.75, 3.05) is 0 Å². The molecular weight excluding hydrogens is 230 g/mol. The van der Waals surface area contributed by atoms with Crippen LogP contribution in [-0.4, -0.2) is 26.8 Å². The molecule has 0 aliphatic heterocycles. The van der Waals surface area contributed by atoms with E-state index >= 15 is 0 Å². The van der Waals surface area contributed by atoms with Crippen LogP contribution >= 0.6 is 0 Å². The van der Waals surface area contributed by atoms with Crippen molar-refractivity contribution in [1.82, 2.24) is 9.78 Å². The lowest BCUT2D eigenvalue weighted by atomic mass is 9.83. The van der Waals surface area contributed by atoms with Gasteiger partial charge in [-0.2, -0.15) is 5.10 Å². The van der Waals surface area contributed by atoms with E-state index in [0.717, 1.165) is 0 Å². The SMILES string of the molecule is Cn1ncc(C(=O)O)c1C1CCC(F)(F)CC1. The molecule has 0 radical (unpaired) electrons. The standard InChI is InChI=1S/C11H14F2N2O2/c1-15-9(8(6-14-15)10(16)17)7-2-4-11(12,13)5-3-7/h6-7H,2-5H2,1H3,(H,16,17). The molecule has 0 amide bonds. The molecule has 1 aliphatic rings. The number of halogens is 2. The molecule has 0 unspecified atom stereocenters. The quantitative estimate of drug-likeness (QED) is 0.869. The van der Waals surface area contributed by atoms with Crippen molar-refractivity contribution in [1.29, 1.82) is 0 Å². The molecule has 0 atom stereocenters. The maximum atomic E-state index is 13.0. The lowest BCUT2D eigenvalue weighted by Gasteiger charge is -2.28. The van der Waals surface area contributed by atoms with E-state index in [1.807, 2.05) is 0 Å². The topological polar surface area (TPSA) is 55.1 Å². The van der Waals surface area contributed by atoms with E-state index in [1.54, 1.807) is 7.05 Å². The van der Waals surface area contributed by atoms with Crippen molar-refractivity contribution in [3.8, 4) is 0 Å². The number of hydrogen-bond donors (Lipinski definition) is 1. The summed E-state index contributed by atoms with van der Waals surface area (Å²) in [4.78, 5) is 11.0. The first kappa shape index (κ1) is 12.0. The van der Waals surface area contributed by atoms with Gasteiger partial charge in [0.25, 0.3) is 0 Å². The van der Waals surface area contributed by atoms with E-state index in [9.17, 15) is 13.6 Å². The van der Waals surface area contributed by atoms with Crippen LogP contribution in [0.4, 0.5) is 8.78 Å². The Kier molecular flexibility index (Phi) is 2.89. The molecule has 1 saturated carbocycles. The van der Waals surface area contributed by atoms with Crippen LogP contribution in [0.1, 0.15) is 47.7 Å². The molecule has 1 aliphatic carbocycles. The number of alkyl halides is 2. The molecule has 1 fully saturated rings. The Morgan fingerprint density at radius 3 is 2.65 bits per heavy atom. The maximum absolute atomic E-state index is 13.0. The van der Waals surface area contributed by atoms with E-state index in [2.05, 4.69) is 5.10 Å². The maximum Gasteiger partial charge on any atom is 0.339 e. The normalized spacial score (nSPS) is 20.4. The average molecular weight is 244 g/mol. The van der Waals surface area contributed by atoms with Crippen molar-refractivity contribution < 1.29 is 18.7 Å². The minimum Gasteiger partial charge on any atom is -0.478 e. The first-order valence-electron chi connectivity index (χ1n) is 5.54. The molecule has 4 nitrogen and oxygen atoms in total. The highest BCUT2D eigenvalue weighted by Crippen LogP contribution is 2.41. The van der Waals surface area contributed by atoms with Crippen LogP contribution in [0.2, 0.25) is 0 Å². The van der Waals surface area contributed by atoms with Crippen LogP contribution in [0, 0.1) is 0 Å². The molecule has 0 bridgehead atoms. The molecule has 17 heavy (non-hydrogen) atoms. The molecule has 94 valence electrons. The lowest BCUT2D eigenvalue weighted by molar-refractivity contribution is -0.0387. The molecule has 1 aromatic rings. The van der Waals surface area contributed by atoms with Crippen LogP contribution < -0.4 is 0 Å². The van der Waals surface area contributed by atoms with E-state index in [1.165, 1.54) is 10.9 Å². The van der Waals surface area contributed by atoms with Gasteiger partial charge in [-0.05, 0) is 12.8 Å². The summed E-state index contributed by atoms with van der Waals surface area (Å²) in [6.45, 7) is 0. The van der Waals surface area contributed by atoms with E-state index < -0.39 is 11.9 Å². The average Bonchev–Trinajstić information content (AvgIpc) is 2.61. The van der Waals surface area contributed by atoms with Gasteiger partial charge in [-0.25, -0.2) is 13.6 Å². The van der Waals surface area contributed by atoms with Crippen LogP contribution in [0.15, 0.2) is 6.20 Å². The van der Waals surface area contributed by atoms with E-state index in [4.69, 9.17) is 5.11 Å². The number of hydrogen-bond acceptors (Lipinski definition) is 2. The van der Waals surface area contributed by atoms with Gasteiger partial charge >= 0.3 is 5.97 Å². The monoisotopic (exact) mass is 244 g/mol. The lowest BCUT2D eigenvalue weighted by Crippen LogP contribution is -2.25. The summed E-state index contributed by atoms with van der Waals surface area (Å²) in [5.74, 6) is -3.78. The van der Waals surface area contributed by atoms with Crippen molar-refractivity contribution in [3.63, 3.8) is 0 Å². The van der Waals surface area contributed by atoms with Crippen LogP contribution in [0.3, 0.4) is 0 Å². The number of carboxylic acid groups (broad SMARTS) is 1. The van der Waals surface area contributed by atoms with Crippen molar-refractivity contribution in [2.45, 2.75) is 37.5 Å². The Morgan fingerprint density at radius 2 is 2.12 bits per heavy atom. The summed E-state index contributed by atoms with van der Waals surface area (Å²) >= 11 is 0. The minimum atomic E-state index is -2.60. The zero-order chi connectivity index (χ0) is 12.6. The number of aromatic nitrogens is 2. The number of aryl methyl sites for hydroxylation is 1. The smallest absolute Gasteiger partial charge is 0.339 e. The molecule has 2 rings (SSSR count). The third-order valence-electron chi connectivity index (χ3n) is 3.32. The van der Waals surface area contributed by atoms with Gasteiger partial charge in [0.05, 0.1) is 11.9 Å². The number of aromatic carboxylic acids is 1. The Morgan fingerprint density at radius 1 is 1.53 bits per heavy atom. The van der Waals surface area contributed by atoms with Crippen LogP contribution in [0.25, 0.3) is 0 Å². The Labute approximate surface area is 97.2 Å². The molecule has 0 saturated heterocycles. The fourth-order valence-corrected chi connectivity index (χ4v) is 2.41. The Balaban J connectivity index is 2.24. The number of rotatable bonds is 2. The van der Waals surface area contributed by atoms with E-state index in [-0.39, 0.29) is 24.3 Å². The number of carboxylic acids is 1. The number of nitrogens with zero attached hydrogens (tertiary/aromatic N) is 2. The molecule has 0 spiro atoms. The van der Waals surface area contributed by atoms with Crippen molar-refractivity contribution in [2.24, 2.45) is 7.05 Å². The zero-order valence-electron chi connectivity index (χ0n) is 9.49. The third kappa shape index (κ3) is 2.30. The van der Waals surface area contributed by atoms with Gasteiger partial charge in [-0.15, -0.1) is 0 Å².